The number of piperidine rings is 1. The minimum absolute atomic E-state index is 0.0446. The van der Waals surface area contributed by atoms with E-state index in [1.807, 2.05) is 18.4 Å². The van der Waals surface area contributed by atoms with Gasteiger partial charge in [-0.05, 0) is 24.5 Å². The van der Waals surface area contributed by atoms with Crippen molar-refractivity contribution in [2.75, 3.05) is 24.7 Å². The molecule has 10 heteroatoms. The Balaban J connectivity index is 1.42. The number of aromatic nitrogens is 3. The van der Waals surface area contributed by atoms with Gasteiger partial charge in [-0.2, -0.15) is 0 Å². The Morgan fingerprint density at radius 1 is 1.32 bits per heavy atom. The van der Waals surface area contributed by atoms with Gasteiger partial charge in [0.15, 0.2) is 4.34 Å². The van der Waals surface area contributed by atoms with Crippen LogP contribution in [0, 0.1) is 0 Å². The summed E-state index contributed by atoms with van der Waals surface area (Å²) in [6, 6.07) is 7.77. The van der Waals surface area contributed by atoms with Gasteiger partial charge in [-0.25, -0.2) is 19.7 Å². The number of carboxylic acid groups (broad SMARTS) is 1. The van der Waals surface area contributed by atoms with Crippen molar-refractivity contribution in [3.05, 3.63) is 30.6 Å². The van der Waals surface area contributed by atoms with Crippen LogP contribution in [0.1, 0.15) is 12.8 Å². The van der Waals surface area contributed by atoms with Crippen molar-refractivity contribution >= 4 is 50.9 Å². The van der Waals surface area contributed by atoms with E-state index in [2.05, 4.69) is 26.3 Å². The van der Waals surface area contributed by atoms with Crippen LogP contribution in [0.4, 0.5) is 16.3 Å². The molecule has 1 fully saturated rings. The number of rotatable bonds is 5. The third-order valence-corrected chi connectivity index (χ3v) is 6.46. The molecule has 1 amide bonds. The number of amides is 1. The summed E-state index contributed by atoms with van der Waals surface area (Å²) >= 11 is 3.30. The van der Waals surface area contributed by atoms with Gasteiger partial charge >= 0.3 is 6.09 Å². The summed E-state index contributed by atoms with van der Waals surface area (Å²) in [5.74, 6) is 1.12. The number of nitrogens with one attached hydrogen (secondary N) is 1. The second-order valence-electron chi connectivity index (χ2n) is 6.32. The molecule has 1 aliphatic heterocycles. The van der Waals surface area contributed by atoms with E-state index in [1.54, 1.807) is 29.2 Å². The predicted octanol–water partition coefficient (Wildman–Crippen LogP) is 4.07. The number of thioether (sulfide) groups is 1. The van der Waals surface area contributed by atoms with Crippen LogP contribution in [0.15, 0.2) is 34.9 Å². The SMILES string of the molecule is CSc1nc2ccc(Nc3cc(OC4CCN(C(=O)O)CC4)ncn3)cc2s1. The topological polar surface area (TPSA) is 100 Å². The summed E-state index contributed by atoms with van der Waals surface area (Å²) in [5.41, 5.74) is 1.91. The zero-order valence-electron chi connectivity index (χ0n) is 15.2. The van der Waals surface area contributed by atoms with E-state index < -0.39 is 6.09 Å². The Morgan fingerprint density at radius 2 is 2.14 bits per heavy atom. The summed E-state index contributed by atoms with van der Waals surface area (Å²) in [6.07, 6.45) is 3.86. The molecule has 28 heavy (non-hydrogen) atoms. The average molecular weight is 418 g/mol. The molecular formula is C18H19N5O3S2. The molecule has 0 radical (unpaired) electrons. The molecule has 0 bridgehead atoms. The molecular weight excluding hydrogens is 398 g/mol. The molecule has 0 spiro atoms. The first-order chi connectivity index (χ1) is 13.6. The maximum absolute atomic E-state index is 11.0. The number of fused-ring (bicyclic) bond motifs is 1. The average Bonchev–Trinajstić information content (AvgIpc) is 3.11. The standard InChI is InChI=1S/C18H19N5O3S2/c1-27-17-22-13-3-2-11(8-14(13)28-17)21-15-9-16(20-10-19-15)26-12-4-6-23(7-5-12)18(24)25/h2-3,8-10,12H,4-7H2,1H3,(H,24,25)(H,19,20,21). The van der Waals surface area contributed by atoms with Crippen LogP contribution in [0.2, 0.25) is 0 Å². The van der Waals surface area contributed by atoms with E-state index in [-0.39, 0.29) is 6.10 Å². The lowest BCUT2D eigenvalue weighted by molar-refractivity contribution is 0.0870. The highest BCUT2D eigenvalue weighted by atomic mass is 32.2. The Hall–Kier alpha value is -2.59. The van der Waals surface area contributed by atoms with E-state index >= 15 is 0 Å². The van der Waals surface area contributed by atoms with Crippen molar-refractivity contribution in [2.45, 2.75) is 23.3 Å². The normalized spacial score (nSPS) is 15.0. The van der Waals surface area contributed by atoms with E-state index in [1.165, 1.54) is 11.2 Å². The van der Waals surface area contributed by atoms with Crippen LogP contribution in [-0.4, -0.2) is 56.5 Å². The Morgan fingerprint density at radius 3 is 2.89 bits per heavy atom. The van der Waals surface area contributed by atoms with Gasteiger partial charge in [0.1, 0.15) is 18.2 Å². The van der Waals surface area contributed by atoms with Crippen LogP contribution < -0.4 is 10.1 Å². The highest BCUT2D eigenvalue weighted by Gasteiger charge is 2.23. The van der Waals surface area contributed by atoms with Gasteiger partial charge in [0.05, 0.1) is 10.2 Å². The molecule has 2 aromatic heterocycles. The number of thiazole rings is 1. The Bertz CT molecular complexity index is 988. The van der Waals surface area contributed by atoms with Crippen molar-refractivity contribution in [3.8, 4) is 5.88 Å². The summed E-state index contributed by atoms with van der Waals surface area (Å²) in [5, 5.41) is 12.3. The highest BCUT2D eigenvalue weighted by Crippen LogP contribution is 2.31. The van der Waals surface area contributed by atoms with Crippen LogP contribution in [0.3, 0.4) is 0 Å². The van der Waals surface area contributed by atoms with Crippen LogP contribution in [0.25, 0.3) is 10.2 Å². The Kier molecular flexibility index (Phi) is 5.49. The van der Waals surface area contributed by atoms with Gasteiger partial charge in [-0.3, -0.25) is 0 Å². The van der Waals surface area contributed by atoms with Gasteiger partial charge in [0.2, 0.25) is 5.88 Å². The summed E-state index contributed by atoms with van der Waals surface area (Å²) in [4.78, 5) is 25.4. The van der Waals surface area contributed by atoms with E-state index in [0.29, 0.717) is 37.6 Å². The third-order valence-electron chi connectivity index (χ3n) is 4.46. The van der Waals surface area contributed by atoms with Crippen molar-refractivity contribution < 1.29 is 14.6 Å². The third kappa shape index (κ3) is 4.28. The molecule has 4 rings (SSSR count). The lowest BCUT2D eigenvalue weighted by Gasteiger charge is -2.29. The Labute approximate surface area is 170 Å². The van der Waals surface area contributed by atoms with Crippen molar-refractivity contribution in [2.24, 2.45) is 0 Å². The summed E-state index contributed by atoms with van der Waals surface area (Å²) in [7, 11) is 0. The fraction of sp³-hybridized carbons (Fsp3) is 0.333. The maximum atomic E-state index is 11.0. The molecule has 0 saturated carbocycles. The summed E-state index contributed by atoms with van der Waals surface area (Å²) < 4.78 is 8.08. The molecule has 0 atom stereocenters. The minimum atomic E-state index is -0.880. The van der Waals surface area contributed by atoms with Crippen LogP contribution in [0.5, 0.6) is 5.88 Å². The number of ether oxygens (including phenoxy) is 1. The smallest absolute Gasteiger partial charge is 0.407 e. The number of hydrogen-bond acceptors (Lipinski definition) is 8. The molecule has 8 nitrogen and oxygen atoms in total. The number of nitrogens with zero attached hydrogens (tertiary/aromatic N) is 4. The minimum Gasteiger partial charge on any atom is -0.474 e. The second kappa shape index (κ2) is 8.19. The van der Waals surface area contributed by atoms with Gasteiger partial charge in [-0.1, -0.05) is 11.8 Å². The van der Waals surface area contributed by atoms with E-state index in [0.717, 1.165) is 20.2 Å². The molecule has 0 aliphatic carbocycles. The van der Waals surface area contributed by atoms with Gasteiger partial charge in [0.25, 0.3) is 0 Å². The lowest BCUT2D eigenvalue weighted by atomic mass is 10.1. The van der Waals surface area contributed by atoms with Gasteiger partial charge in [0, 0.05) is 37.7 Å². The number of anilines is 2. The molecule has 1 aromatic carbocycles. The van der Waals surface area contributed by atoms with Crippen LogP contribution >= 0.6 is 23.1 Å². The molecule has 1 saturated heterocycles. The van der Waals surface area contributed by atoms with Gasteiger partial charge < -0.3 is 20.1 Å². The quantitative estimate of drug-likeness (QED) is 0.599. The van der Waals surface area contributed by atoms with Crippen molar-refractivity contribution in [3.63, 3.8) is 0 Å². The highest BCUT2D eigenvalue weighted by molar-refractivity contribution is 8.00. The number of likely N-dealkylation sites (tertiary alicyclic amines) is 1. The fourth-order valence-corrected chi connectivity index (χ4v) is 4.55. The first-order valence-corrected chi connectivity index (χ1v) is 10.8. The zero-order valence-corrected chi connectivity index (χ0v) is 16.8. The number of hydrogen-bond donors (Lipinski definition) is 2. The monoisotopic (exact) mass is 417 g/mol. The largest absolute Gasteiger partial charge is 0.474 e. The first kappa shape index (κ1) is 18.8. The molecule has 3 aromatic rings. The van der Waals surface area contributed by atoms with Crippen LogP contribution in [-0.2, 0) is 0 Å². The number of carbonyl (C=O) groups is 1. The molecule has 3 heterocycles. The maximum Gasteiger partial charge on any atom is 0.407 e. The molecule has 1 aliphatic rings. The van der Waals surface area contributed by atoms with E-state index in [4.69, 9.17) is 9.84 Å². The summed E-state index contributed by atoms with van der Waals surface area (Å²) in [6.45, 7) is 0.951. The molecule has 0 unspecified atom stereocenters. The molecule has 146 valence electrons. The molecule has 2 N–H and O–H groups in total. The van der Waals surface area contributed by atoms with Crippen molar-refractivity contribution in [1.82, 2.24) is 19.9 Å². The van der Waals surface area contributed by atoms with Gasteiger partial charge in [-0.15, -0.1) is 11.3 Å². The number of benzene rings is 1. The predicted molar refractivity (Wildman–Crippen MR) is 110 cm³/mol. The fourth-order valence-electron chi connectivity index (χ4n) is 3.02. The lowest BCUT2D eigenvalue weighted by Crippen LogP contribution is -2.41. The zero-order chi connectivity index (χ0) is 19.5. The first-order valence-electron chi connectivity index (χ1n) is 8.79. The second-order valence-corrected chi connectivity index (χ2v) is 8.40. The van der Waals surface area contributed by atoms with E-state index in [9.17, 15) is 4.79 Å². The van der Waals surface area contributed by atoms with Crippen molar-refractivity contribution in [1.29, 1.82) is 0 Å².